The second kappa shape index (κ2) is 4.88. The Labute approximate surface area is 89.7 Å². The van der Waals surface area contributed by atoms with Crippen LogP contribution < -0.4 is 5.73 Å². The third-order valence-corrected chi connectivity index (χ3v) is 2.28. The number of nitrogens with two attached hydrogens (primary N) is 1. The minimum Gasteiger partial charge on any atom is -0.327 e. The first-order valence-electron chi connectivity index (χ1n) is 3.95. The summed E-state index contributed by atoms with van der Waals surface area (Å²) in [5, 5.41) is 10.6. The summed E-state index contributed by atoms with van der Waals surface area (Å²) in [6, 6.07) is 4.92. The monoisotopic (exact) mass is 256 g/mol. The van der Waals surface area contributed by atoms with Crippen LogP contribution in [0.5, 0.6) is 0 Å². The van der Waals surface area contributed by atoms with Crippen LogP contribution in [0.4, 0.5) is 5.69 Å². The summed E-state index contributed by atoms with van der Waals surface area (Å²) in [4.78, 5) is 10.1. The number of nitro groups is 1. The fourth-order valence-corrected chi connectivity index (χ4v) is 1.37. The fraction of sp³-hybridized carbons (Fsp3) is 0.111. The Hall–Kier alpha value is -1.20. The van der Waals surface area contributed by atoms with E-state index in [-0.39, 0.29) is 5.69 Å². The van der Waals surface area contributed by atoms with Crippen molar-refractivity contribution in [2.24, 2.45) is 5.73 Å². The van der Waals surface area contributed by atoms with Crippen molar-refractivity contribution in [3.63, 3.8) is 0 Å². The smallest absolute Gasteiger partial charge is 0.284 e. The van der Waals surface area contributed by atoms with Crippen LogP contribution in [0.1, 0.15) is 5.56 Å². The fourth-order valence-electron chi connectivity index (χ4n) is 0.977. The second-order valence-corrected chi connectivity index (χ2v) is 3.46. The molecular weight excluding hydrogens is 248 g/mol. The summed E-state index contributed by atoms with van der Waals surface area (Å²) in [6.45, 7) is 0.420. The maximum Gasteiger partial charge on any atom is 0.284 e. The van der Waals surface area contributed by atoms with E-state index in [1.54, 1.807) is 24.3 Å². The molecule has 1 aromatic carbocycles. The van der Waals surface area contributed by atoms with E-state index in [1.165, 1.54) is 6.07 Å². The number of nitrogens with zero attached hydrogens (tertiary/aromatic N) is 1. The largest absolute Gasteiger partial charge is 0.327 e. The summed E-state index contributed by atoms with van der Waals surface area (Å²) < 4.78 is 0.479. The molecule has 0 heterocycles. The van der Waals surface area contributed by atoms with Crippen molar-refractivity contribution in [3.8, 4) is 0 Å². The third-order valence-electron chi connectivity index (χ3n) is 1.61. The van der Waals surface area contributed by atoms with Gasteiger partial charge in [0, 0.05) is 12.6 Å². The Morgan fingerprint density at radius 3 is 2.86 bits per heavy atom. The summed E-state index contributed by atoms with van der Waals surface area (Å²) in [5.74, 6) is 0. The van der Waals surface area contributed by atoms with Gasteiger partial charge < -0.3 is 5.73 Å². The van der Waals surface area contributed by atoms with Gasteiger partial charge in [-0.1, -0.05) is 18.2 Å². The quantitative estimate of drug-likeness (QED) is 0.667. The standard InChI is InChI=1S/C9H9BrN2O2/c10-8-4-3-7(2-1-5-11)6-9(8)12(13)14/h1-4,6H,5,11H2/b2-1+. The molecule has 0 aliphatic rings. The zero-order chi connectivity index (χ0) is 10.6. The van der Waals surface area contributed by atoms with E-state index < -0.39 is 4.92 Å². The molecule has 5 heteroatoms. The van der Waals surface area contributed by atoms with Crippen LogP contribution in [0.2, 0.25) is 0 Å². The van der Waals surface area contributed by atoms with Crippen molar-refractivity contribution in [3.05, 3.63) is 44.4 Å². The molecule has 0 aromatic heterocycles. The van der Waals surface area contributed by atoms with Gasteiger partial charge in [-0.3, -0.25) is 10.1 Å². The van der Waals surface area contributed by atoms with Crippen LogP contribution >= 0.6 is 15.9 Å². The van der Waals surface area contributed by atoms with Gasteiger partial charge in [-0.2, -0.15) is 0 Å². The van der Waals surface area contributed by atoms with Crippen LogP contribution in [0, 0.1) is 10.1 Å². The molecular formula is C9H9BrN2O2. The zero-order valence-corrected chi connectivity index (χ0v) is 8.90. The maximum atomic E-state index is 10.6. The SMILES string of the molecule is NC/C=C/c1ccc(Br)c([N+](=O)[O-])c1. The summed E-state index contributed by atoms with van der Waals surface area (Å²) >= 11 is 3.11. The van der Waals surface area contributed by atoms with Gasteiger partial charge in [0.25, 0.3) is 5.69 Å². The van der Waals surface area contributed by atoms with E-state index in [1.807, 2.05) is 0 Å². The lowest BCUT2D eigenvalue weighted by atomic mass is 10.2. The summed E-state index contributed by atoms with van der Waals surface area (Å²) in [6.07, 6.45) is 3.49. The van der Waals surface area contributed by atoms with Gasteiger partial charge in [-0.15, -0.1) is 0 Å². The van der Waals surface area contributed by atoms with Gasteiger partial charge in [-0.05, 0) is 27.6 Å². The lowest BCUT2D eigenvalue weighted by molar-refractivity contribution is -0.385. The minimum absolute atomic E-state index is 0.0594. The highest BCUT2D eigenvalue weighted by atomic mass is 79.9. The van der Waals surface area contributed by atoms with Crippen molar-refractivity contribution in [2.45, 2.75) is 0 Å². The highest BCUT2D eigenvalue weighted by Crippen LogP contribution is 2.25. The Morgan fingerprint density at radius 2 is 2.29 bits per heavy atom. The molecule has 0 aliphatic carbocycles. The molecule has 0 aliphatic heterocycles. The molecule has 0 radical (unpaired) electrons. The van der Waals surface area contributed by atoms with E-state index in [0.29, 0.717) is 11.0 Å². The van der Waals surface area contributed by atoms with Crippen molar-refractivity contribution >= 4 is 27.7 Å². The maximum absolute atomic E-state index is 10.6. The van der Waals surface area contributed by atoms with Crippen LogP contribution in [0.3, 0.4) is 0 Å². The molecule has 14 heavy (non-hydrogen) atoms. The predicted molar refractivity (Wildman–Crippen MR) is 58.9 cm³/mol. The average molecular weight is 257 g/mol. The molecule has 1 aromatic rings. The molecule has 0 spiro atoms. The molecule has 4 nitrogen and oxygen atoms in total. The van der Waals surface area contributed by atoms with Crippen molar-refractivity contribution < 1.29 is 4.92 Å². The number of hydrogen-bond donors (Lipinski definition) is 1. The van der Waals surface area contributed by atoms with Gasteiger partial charge in [0.2, 0.25) is 0 Å². The lowest BCUT2D eigenvalue weighted by Gasteiger charge is -1.97. The van der Waals surface area contributed by atoms with Crippen LogP contribution in [0.15, 0.2) is 28.7 Å². The Morgan fingerprint density at radius 1 is 1.57 bits per heavy atom. The molecule has 2 N–H and O–H groups in total. The third kappa shape index (κ3) is 2.65. The zero-order valence-electron chi connectivity index (χ0n) is 7.31. The Bertz CT molecular complexity index is 377. The predicted octanol–water partition coefficient (Wildman–Crippen LogP) is 2.33. The van der Waals surface area contributed by atoms with Gasteiger partial charge >= 0.3 is 0 Å². The molecule has 0 bridgehead atoms. The van der Waals surface area contributed by atoms with Gasteiger partial charge in [0.15, 0.2) is 0 Å². The molecule has 0 atom stereocenters. The number of hydrogen-bond acceptors (Lipinski definition) is 3. The molecule has 0 saturated heterocycles. The van der Waals surface area contributed by atoms with Crippen LogP contribution in [-0.2, 0) is 0 Å². The summed E-state index contributed by atoms with van der Waals surface area (Å²) in [7, 11) is 0. The molecule has 1 rings (SSSR count). The summed E-state index contributed by atoms with van der Waals surface area (Å²) in [5.41, 5.74) is 6.10. The lowest BCUT2D eigenvalue weighted by Crippen LogP contribution is -1.92. The molecule has 74 valence electrons. The second-order valence-electron chi connectivity index (χ2n) is 2.61. The first-order chi connectivity index (χ1) is 6.65. The number of halogens is 1. The molecule has 0 fully saturated rings. The Balaban J connectivity index is 3.06. The highest BCUT2D eigenvalue weighted by molar-refractivity contribution is 9.10. The van der Waals surface area contributed by atoms with Gasteiger partial charge in [0.05, 0.1) is 9.40 Å². The minimum atomic E-state index is -0.427. The van der Waals surface area contributed by atoms with Crippen LogP contribution in [0.25, 0.3) is 6.08 Å². The topological polar surface area (TPSA) is 69.2 Å². The Kier molecular flexibility index (Phi) is 3.79. The number of rotatable bonds is 3. The first kappa shape index (κ1) is 10.9. The van der Waals surface area contributed by atoms with Gasteiger partial charge in [-0.25, -0.2) is 0 Å². The number of benzene rings is 1. The van der Waals surface area contributed by atoms with Crippen molar-refractivity contribution in [2.75, 3.05) is 6.54 Å². The highest BCUT2D eigenvalue weighted by Gasteiger charge is 2.10. The van der Waals surface area contributed by atoms with Crippen LogP contribution in [-0.4, -0.2) is 11.5 Å². The van der Waals surface area contributed by atoms with E-state index in [0.717, 1.165) is 5.56 Å². The molecule has 0 saturated carbocycles. The molecule has 0 unspecified atom stereocenters. The van der Waals surface area contributed by atoms with E-state index in [4.69, 9.17) is 5.73 Å². The molecule has 0 amide bonds. The first-order valence-corrected chi connectivity index (χ1v) is 4.75. The average Bonchev–Trinajstić information content (AvgIpc) is 2.16. The number of nitro benzene ring substituents is 1. The van der Waals surface area contributed by atoms with E-state index in [2.05, 4.69) is 15.9 Å². The van der Waals surface area contributed by atoms with E-state index in [9.17, 15) is 10.1 Å². The van der Waals surface area contributed by atoms with Gasteiger partial charge in [0.1, 0.15) is 0 Å². The normalized spacial score (nSPS) is 10.7. The van der Waals surface area contributed by atoms with E-state index >= 15 is 0 Å². The van der Waals surface area contributed by atoms with Crippen molar-refractivity contribution in [1.82, 2.24) is 0 Å². The van der Waals surface area contributed by atoms with Crippen molar-refractivity contribution in [1.29, 1.82) is 0 Å².